The van der Waals surface area contributed by atoms with Crippen LogP contribution < -0.4 is 0 Å². The standard InChI is InChI=1S/C15H28O/c1-8-13(16)9-12(2)10-15(6,7)11-14(3,4)5/h10H,8-9,11H2,1-7H3. The first-order valence-corrected chi connectivity index (χ1v) is 6.26. The van der Waals surface area contributed by atoms with Crippen LogP contribution in [0, 0.1) is 10.8 Å². The lowest BCUT2D eigenvalue weighted by Gasteiger charge is -2.30. The largest absolute Gasteiger partial charge is 0.299 e. The fraction of sp³-hybridized carbons (Fsp3) is 0.800. The molecule has 0 aromatic carbocycles. The lowest BCUT2D eigenvalue weighted by molar-refractivity contribution is -0.118. The molecule has 0 aliphatic heterocycles. The number of allylic oxidation sites excluding steroid dienone is 2. The molecule has 0 saturated carbocycles. The van der Waals surface area contributed by atoms with Gasteiger partial charge in [-0.25, -0.2) is 0 Å². The van der Waals surface area contributed by atoms with E-state index in [2.05, 4.69) is 47.6 Å². The van der Waals surface area contributed by atoms with Gasteiger partial charge in [0, 0.05) is 12.8 Å². The molecule has 0 aromatic heterocycles. The van der Waals surface area contributed by atoms with Crippen LogP contribution in [0.3, 0.4) is 0 Å². The van der Waals surface area contributed by atoms with Gasteiger partial charge in [-0.2, -0.15) is 0 Å². The first-order valence-electron chi connectivity index (χ1n) is 6.26. The fourth-order valence-electron chi connectivity index (χ4n) is 2.57. The van der Waals surface area contributed by atoms with Crippen molar-refractivity contribution < 1.29 is 4.79 Å². The predicted octanol–water partition coefficient (Wildman–Crippen LogP) is 4.76. The van der Waals surface area contributed by atoms with Crippen LogP contribution in [0.2, 0.25) is 0 Å². The fourth-order valence-corrected chi connectivity index (χ4v) is 2.57. The smallest absolute Gasteiger partial charge is 0.136 e. The SMILES string of the molecule is CCC(=O)CC(C)=CC(C)(C)CC(C)(C)C. The molecule has 94 valence electrons. The van der Waals surface area contributed by atoms with Crippen LogP contribution in [-0.4, -0.2) is 5.78 Å². The maximum atomic E-state index is 11.4. The van der Waals surface area contributed by atoms with E-state index in [1.165, 1.54) is 5.57 Å². The normalized spacial score (nSPS) is 14.1. The summed E-state index contributed by atoms with van der Waals surface area (Å²) < 4.78 is 0. The molecule has 0 rings (SSSR count). The Morgan fingerprint density at radius 1 is 1.12 bits per heavy atom. The summed E-state index contributed by atoms with van der Waals surface area (Å²) >= 11 is 0. The topological polar surface area (TPSA) is 17.1 Å². The average Bonchev–Trinajstić information content (AvgIpc) is 1.97. The van der Waals surface area contributed by atoms with E-state index in [4.69, 9.17) is 0 Å². The third-order valence-corrected chi connectivity index (χ3v) is 2.49. The lowest BCUT2D eigenvalue weighted by atomic mass is 9.75. The van der Waals surface area contributed by atoms with E-state index in [9.17, 15) is 4.79 Å². The van der Waals surface area contributed by atoms with E-state index in [1.807, 2.05) is 6.92 Å². The highest BCUT2D eigenvalue weighted by Gasteiger charge is 2.23. The Balaban J connectivity index is 4.54. The van der Waals surface area contributed by atoms with Crippen LogP contribution >= 0.6 is 0 Å². The Morgan fingerprint density at radius 3 is 2.00 bits per heavy atom. The minimum absolute atomic E-state index is 0.177. The number of ketones is 1. The maximum Gasteiger partial charge on any atom is 0.136 e. The average molecular weight is 224 g/mol. The Bertz CT molecular complexity index is 264. The third kappa shape index (κ3) is 7.67. The second-order valence-corrected chi connectivity index (χ2v) is 6.79. The molecule has 1 nitrogen and oxygen atoms in total. The molecule has 0 fully saturated rings. The molecule has 0 unspecified atom stereocenters. The van der Waals surface area contributed by atoms with Gasteiger partial charge >= 0.3 is 0 Å². The maximum absolute atomic E-state index is 11.4. The van der Waals surface area contributed by atoms with Crippen molar-refractivity contribution in [3.05, 3.63) is 11.6 Å². The molecule has 0 spiro atoms. The lowest BCUT2D eigenvalue weighted by Crippen LogP contribution is -2.19. The summed E-state index contributed by atoms with van der Waals surface area (Å²) in [5.74, 6) is 0.334. The molecular formula is C15H28O. The van der Waals surface area contributed by atoms with Gasteiger partial charge in [-0.15, -0.1) is 0 Å². The van der Waals surface area contributed by atoms with E-state index >= 15 is 0 Å². The van der Waals surface area contributed by atoms with Crippen molar-refractivity contribution >= 4 is 5.78 Å². The summed E-state index contributed by atoms with van der Waals surface area (Å²) in [5, 5.41) is 0. The van der Waals surface area contributed by atoms with Crippen LogP contribution in [0.25, 0.3) is 0 Å². The highest BCUT2D eigenvalue weighted by Crippen LogP contribution is 2.35. The Kier molecular flexibility index (Phi) is 5.44. The first-order chi connectivity index (χ1) is 7.06. The van der Waals surface area contributed by atoms with Crippen molar-refractivity contribution in [1.82, 2.24) is 0 Å². The van der Waals surface area contributed by atoms with Gasteiger partial charge in [0.1, 0.15) is 5.78 Å². The molecule has 0 amide bonds. The molecule has 0 bridgehead atoms. The Hall–Kier alpha value is -0.590. The molecule has 0 radical (unpaired) electrons. The molecule has 0 saturated heterocycles. The second kappa shape index (κ2) is 5.65. The molecule has 1 heteroatoms. The van der Waals surface area contributed by atoms with E-state index in [1.54, 1.807) is 0 Å². The minimum Gasteiger partial charge on any atom is -0.299 e. The van der Waals surface area contributed by atoms with Crippen molar-refractivity contribution in [1.29, 1.82) is 0 Å². The van der Waals surface area contributed by atoms with E-state index < -0.39 is 0 Å². The molecule has 0 aromatic rings. The monoisotopic (exact) mass is 224 g/mol. The summed E-state index contributed by atoms with van der Waals surface area (Å²) in [6, 6.07) is 0. The van der Waals surface area contributed by atoms with Gasteiger partial charge < -0.3 is 0 Å². The molecule has 0 aliphatic rings. The number of Topliss-reactive ketones (excluding diaryl/α,β-unsaturated/α-hetero) is 1. The zero-order chi connectivity index (χ0) is 13.0. The Labute approximate surface area is 101 Å². The highest BCUT2D eigenvalue weighted by molar-refractivity contribution is 5.80. The van der Waals surface area contributed by atoms with Crippen LogP contribution in [-0.2, 0) is 4.79 Å². The number of hydrogen-bond acceptors (Lipinski definition) is 1. The highest BCUT2D eigenvalue weighted by atomic mass is 16.1. The molecular weight excluding hydrogens is 196 g/mol. The van der Waals surface area contributed by atoms with E-state index in [0.29, 0.717) is 24.0 Å². The first kappa shape index (κ1) is 15.4. The zero-order valence-electron chi connectivity index (χ0n) is 12.1. The van der Waals surface area contributed by atoms with Crippen molar-refractivity contribution in [2.75, 3.05) is 0 Å². The molecule has 0 aliphatic carbocycles. The quantitative estimate of drug-likeness (QED) is 0.615. The summed E-state index contributed by atoms with van der Waals surface area (Å²) in [4.78, 5) is 11.4. The third-order valence-electron chi connectivity index (χ3n) is 2.49. The van der Waals surface area contributed by atoms with Crippen LogP contribution in [0.4, 0.5) is 0 Å². The van der Waals surface area contributed by atoms with Crippen molar-refractivity contribution in [3.8, 4) is 0 Å². The number of carbonyl (C=O) groups is 1. The van der Waals surface area contributed by atoms with Gasteiger partial charge in [0.25, 0.3) is 0 Å². The number of rotatable bonds is 5. The van der Waals surface area contributed by atoms with Crippen LogP contribution in [0.5, 0.6) is 0 Å². The van der Waals surface area contributed by atoms with E-state index in [0.717, 1.165) is 6.42 Å². The minimum atomic E-state index is 0.177. The van der Waals surface area contributed by atoms with Gasteiger partial charge in [0.2, 0.25) is 0 Å². The van der Waals surface area contributed by atoms with Gasteiger partial charge in [-0.05, 0) is 24.2 Å². The van der Waals surface area contributed by atoms with Crippen LogP contribution in [0.1, 0.15) is 67.7 Å². The zero-order valence-corrected chi connectivity index (χ0v) is 12.1. The van der Waals surface area contributed by atoms with Gasteiger partial charge in [-0.1, -0.05) is 53.2 Å². The van der Waals surface area contributed by atoms with Crippen molar-refractivity contribution in [2.24, 2.45) is 10.8 Å². The summed E-state index contributed by atoms with van der Waals surface area (Å²) in [5.41, 5.74) is 1.71. The molecule has 0 heterocycles. The van der Waals surface area contributed by atoms with Gasteiger partial charge in [-0.3, -0.25) is 4.79 Å². The van der Waals surface area contributed by atoms with Gasteiger partial charge in [0.15, 0.2) is 0 Å². The predicted molar refractivity (Wildman–Crippen MR) is 71.5 cm³/mol. The van der Waals surface area contributed by atoms with Crippen molar-refractivity contribution in [3.63, 3.8) is 0 Å². The van der Waals surface area contributed by atoms with Crippen molar-refractivity contribution in [2.45, 2.75) is 67.7 Å². The van der Waals surface area contributed by atoms with Crippen LogP contribution in [0.15, 0.2) is 11.6 Å². The second-order valence-electron chi connectivity index (χ2n) is 6.79. The van der Waals surface area contributed by atoms with E-state index in [-0.39, 0.29) is 5.41 Å². The molecule has 0 N–H and O–H groups in total. The molecule has 0 atom stereocenters. The van der Waals surface area contributed by atoms with Gasteiger partial charge in [0.05, 0.1) is 0 Å². The number of carbonyl (C=O) groups excluding carboxylic acids is 1. The Morgan fingerprint density at radius 2 is 1.62 bits per heavy atom. The summed E-state index contributed by atoms with van der Waals surface area (Å²) in [6.45, 7) is 15.3. The summed E-state index contributed by atoms with van der Waals surface area (Å²) in [7, 11) is 0. The summed E-state index contributed by atoms with van der Waals surface area (Å²) in [6.07, 6.45) is 4.67. The molecule has 16 heavy (non-hydrogen) atoms. The number of hydrogen-bond donors (Lipinski definition) is 0.